The molecule has 0 fully saturated rings. The summed E-state index contributed by atoms with van der Waals surface area (Å²) >= 11 is 0. The minimum absolute atomic E-state index is 0.260. The predicted octanol–water partition coefficient (Wildman–Crippen LogP) is 5.80. The summed E-state index contributed by atoms with van der Waals surface area (Å²) in [5.41, 5.74) is 6.71. The Morgan fingerprint density at radius 1 is 1.15 bits per heavy atom. The highest BCUT2D eigenvalue weighted by atomic mass is 16.5. The topological polar surface area (TPSA) is 31.2 Å². The molecule has 3 rings (SSSR count). The zero-order chi connectivity index (χ0) is 19.1. The van der Waals surface area contributed by atoms with Crippen molar-refractivity contribution < 1.29 is 9.53 Å². The van der Waals surface area contributed by atoms with Gasteiger partial charge in [-0.2, -0.15) is 0 Å². The van der Waals surface area contributed by atoms with Crippen LogP contribution in [0.15, 0.2) is 36.4 Å². The molecule has 2 aromatic rings. The second-order valence-corrected chi connectivity index (χ2v) is 7.20. The molecule has 0 spiro atoms. The van der Waals surface area contributed by atoms with Crippen LogP contribution in [0.3, 0.4) is 0 Å². The lowest BCUT2D eigenvalue weighted by atomic mass is 9.94. The fraction of sp³-hybridized carbons (Fsp3) is 0.458. The summed E-state index contributed by atoms with van der Waals surface area (Å²) in [6.07, 6.45) is 11.9. The summed E-state index contributed by atoms with van der Waals surface area (Å²) < 4.78 is 7.52. The number of hydrogen-bond donors (Lipinski definition) is 0. The van der Waals surface area contributed by atoms with Crippen LogP contribution in [0, 0.1) is 0 Å². The van der Waals surface area contributed by atoms with Gasteiger partial charge in [-0.3, -0.25) is 0 Å². The van der Waals surface area contributed by atoms with E-state index in [4.69, 9.17) is 4.74 Å². The highest BCUT2D eigenvalue weighted by Gasteiger charge is 2.25. The van der Waals surface area contributed by atoms with Crippen molar-refractivity contribution in [2.45, 2.75) is 65.3 Å². The van der Waals surface area contributed by atoms with Crippen molar-refractivity contribution in [3.63, 3.8) is 0 Å². The lowest BCUT2D eigenvalue weighted by Crippen LogP contribution is -2.01. The lowest BCUT2D eigenvalue weighted by molar-refractivity contribution is -0.137. The molecule has 144 valence electrons. The highest BCUT2D eigenvalue weighted by molar-refractivity contribution is 5.88. The molecule has 0 bridgehead atoms. The Bertz CT molecular complexity index is 786. The number of ether oxygens (including phenoxy) is 1. The summed E-state index contributed by atoms with van der Waals surface area (Å²) in [7, 11) is 0. The number of nitrogens with zero attached hydrogens (tertiary/aromatic N) is 1. The summed E-state index contributed by atoms with van der Waals surface area (Å²) in [6.45, 7) is 5.53. The fourth-order valence-corrected chi connectivity index (χ4v) is 4.12. The maximum absolute atomic E-state index is 11.9. The second kappa shape index (κ2) is 9.59. The monoisotopic (exact) mass is 365 g/mol. The summed E-state index contributed by atoms with van der Waals surface area (Å²) in [5.74, 6) is -0.260. The van der Waals surface area contributed by atoms with Crippen LogP contribution in [0.4, 0.5) is 0 Å². The van der Waals surface area contributed by atoms with Crippen molar-refractivity contribution in [3.8, 4) is 11.1 Å². The molecule has 1 aliphatic heterocycles. The zero-order valence-corrected chi connectivity index (χ0v) is 16.7. The van der Waals surface area contributed by atoms with Crippen LogP contribution in [0.5, 0.6) is 0 Å². The van der Waals surface area contributed by atoms with Crippen molar-refractivity contribution in [2.75, 3.05) is 6.61 Å². The number of benzene rings is 1. The number of hydrogen-bond acceptors (Lipinski definition) is 2. The van der Waals surface area contributed by atoms with Gasteiger partial charge in [-0.05, 0) is 49.8 Å². The van der Waals surface area contributed by atoms with E-state index in [0.29, 0.717) is 6.61 Å². The molecule has 1 aromatic heterocycles. The van der Waals surface area contributed by atoms with Crippen molar-refractivity contribution in [2.24, 2.45) is 0 Å². The molecule has 0 unspecified atom stereocenters. The first-order valence-electron chi connectivity index (χ1n) is 10.4. The molecule has 2 heterocycles. The molecule has 27 heavy (non-hydrogen) atoms. The van der Waals surface area contributed by atoms with Gasteiger partial charge in [0.2, 0.25) is 0 Å². The summed E-state index contributed by atoms with van der Waals surface area (Å²) in [6, 6.07) is 10.7. The van der Waals surface area contributed by atoms with E-state index >= 15 is 0 Å². The van der Waals surface area contributed by atoms with Gasteiger partial charge in [-0.1, -0.05) is 56.5 Å². The van der Waals surface area contributed by atoms with E-state index in [1.807, 2.05) is 13.0 Å². The molecular formula is C24H31NO2. The Labute approximate surface area is 163 Å². The van der Waals surface area contributed by atoms with Crippen molar-refractivity contribution in [1.82, 2.24) is 4.57 Å². The average Bonchev–Trinajstić information content (AvgIpc) is 3.25. The van der Waals surface area contributed by atoms with Crippen LogP contribution in [0.1, 0.15) is 62.9 Å². The fourth-order valence-electron chi connectivity index (χ4n) is 4.12. The Morgan fingerprint density at radius 2 is 1.96 bits per heavy atom. The Hall–Kier alpha value is -2.29. The first-order chi connectivity index (χ1) is 13.3. The summed E-state index contributed by atoms with van der Waals surface area (Å²) in [5, 5.41) is 0. The van der Waals surface area contributed by atoms with Gasteiger partial charge in [0.05, 0.1) is 6.61 Å². The predicted molar refractivity (Wildman–Crippen MR) is 112 cm³/mol. The largest absolute Gasteiger partial charge is 0.463 e. The Morgan fingerprint density at radius 3 is 2.70 bits per heavy atom. The first kappa shape index (κ1) is 19.5. The van der Waals surface area contributed by atoms with Gasteiger partial charge >= 0.3 is 5.97 Å². The number of aromatic nitrogens is 1. The minimum atomic E-state index is -0.260. The molecule has 0 radical (unpaired) electrons. The first-order valence-corrected chi connectivity index (χ1v) is 10.4. The van der Waals surface area contributed by atoms with E-state index in [1.54, 1.807) is 6.08 Å². The molecule has 3 heteroatoms. The van der Waals surface area contributed by atoms with E-state index in [2.05, 4.69) is 41.8 Å². The van der Waals surface area contributed by atoms with Crippen molar-refractivity contribution in [1.29, 1.82) is 0 Å². The van der Waals surface area contributed by atoms with E-state index in [0.717, 1.165) is 19.4 Å². The zero-order valence-electron chi connectivity index (χ0n) is 16.7. The van der Waals surface area contributed by atoms with Crippen LogP contribution in [0.2, 0.25) is 0 Å². The smallest absolute Gasteiger partial charge is 0.330 e. The quantitative estimate of drug-likeness (QED) is 0.319. The molecular weight excluding hydrogens is 334 g/mol. The minimum Gasteiger partial charge on any atom is -0.463 e. The van der Waals surface area contributed by atoms with Gasteiger partial charge in [-0.15, -0.1) is 0 Å². The van der Waals surface area contributed by atoms with Crippen molar-refractivity contribution >= 4 is 12.0 Å². The number of carbonyl (C=O) groups excluding carboxylic acids is 1. The van der Waals surface area contributed by atoms with E-state index < -0.39 is 0 Å². The van der Waals surface area contributed by atoms with Crippen LogP contribution in [-0.2, 0) is 28.9 Å². The molecule has 3 nitrogen and oxygen atoms in total. The molecule has 0 atom stereocenters. The number of unbranched alkanes of at least 4 members (excludes halogenated alkanes) is 3. The normalized spacial score (nSPS) is 13.3. The third kappa shape index (κ3) is 4.52. The van der Waals surface area contributed by atoms with Crippen LogP contribution in [0.25, 0.3) is 17.2 Å². The molecule has 0 aliphatic carbocycles. The Balaban J connectivity index is 2.01. The number of rotatable bonds is 9. The lowest BCUT2D eigenvalue weighted by Gasteiger charge is -2.09. The van der Waals surface area contributed by atoms with Crippen LogP contribution >= 0.6 is 0 Å². The van der Waals surface area contributed by atoms with Gasteiger partial charge in [0.15, 0.2) is 0 Å². The number of fused-ring (bicyclic) bond motifs is 1. The highest BCUT2D eigenvalue weighted by Crippen LogP contribution is 2.38. The molecule has 0 N–H and O–H groups in total. The van der Waals surface area contributed by atoms with Gasteiger partial charge in [0.25, 0.3) is 0 Å². The third-order valence-electron chi connectivity index (χ3n) is 5.32. The molecule has 1 aromatic carbocycles. The van der Waals surface area contributed by atoms with Gasteiger partial charge in [0, 0.05) is 29.6 Å². The van der Waals surface area contributed by atoms with E-state index in [9.17, 15) is 4.79 Å². The molecule has 0 saturated carbocycles. The third-order valence-corrected chi connectivity index (χ3v) is 5.32. The van der Waals surface area contributed by atoms with Gasteiger partial charge < -0.3 is 9.30 Å². The molecule has 1 aliphatic rings. The number of carbonyl (C=O) groups is 1. The van der Waals surface area contributed by atoms with Crippen molar-refractivity contribution in [3.05, 3.63) is 53.4 Å². The standard InChI is InChI=1S/C24H31NO2/c1-3-5-6-10-14-20-21(16-17-23(26)27-4-2)25-18-11-15-22(25)24(20)19-12-8-7-9-13-19/h7-9,12-13,16-17H,3-6,10-11,14-15,18H2,1-2H3. The SMILES string of the molecule is CCCCCCc1c(-c2ccccc2)c2n(c1C=CC(=O)OCC)CCC2. The van der Waals surface area contributed by atoms with Crippen LogP contribution < -0.4 is 0 Å². The van der Waals surface area contributed by atoms with Gasteiger partial charge in [-0.25, -0.2) is 4.79 Å². The summed E-state index contributed by atoms with van der Waals surface area (Å²) in [4.78, 5) is 11.9. The van der Waals surface area contributed by atoms with E-state index in [1.165, 1.54) is 60.2 Å². The maximum atomic E-state index is 11.9. The Kier molecular flexibility index (Phi) is 6.92. The second-order valence-electron chi connectivity index (χ2n) is 7.20. The molecule has 0 amide bonds. The maximum Gasteiger partial charge on any atom is 0.330 e. The van der Waals surface area contributed by atoms with Crippen LogP contribution in [-0.4, -0.2) is 17.1 Å². The van der Waals surface area contributed by atoms with Gasteiger partial charge in [0.1, 0.15) is 0 Å². The number of esters is 1. The average molecular weight is 366 g/mol. The van der Waals surface area contributed by atoms with E-state index in [-0.39, 0.29) is 5.97 Å². The molecule has 0 saturated heterocycles.